The lowest BCUT2D eigenvalue weighted by Crippen LogP contribution is -2.54. The minimum absolute atomic E-state index is 0.0652. The Balaban J connectivity index is 1.36. The van der Waals surface area contributed by atoms with Crippen LogP contribution in [-0.4, -0.2) is 74.7 Å². The van der Waals surface area contributed by atoms with Crippen LogP contribution in [0.15, 0.2) is 47.4 Å². The molecule has 1 aromatic heterocycles. The van der Waals surface area contributed by atoms with Gasteiger partial charge in [0.15, 0.2) is 9.84 Å². The molecule has 2 N–H and O–H groups in total. The van der Waals surface area contributed by atoms with Gasteiger partial charge in [-0.3, -0.25) is 4.90 Å². The standard InChI is InChI=1S/C32H36F6N4O3S/c1-30(41-15-17-45-18-16-41)12-10-22(11-13-30)40-27-6-3-7-29-25(27)19-23(42(29)21-31(33,34)35)5-4-14-39-28-9-8-24(46(2,43)44)20-26(28)32(36,37)38/h3,6-9,19-20,22,39-40H,10-18,21H2,1-2H3. The van der Waals surface area contributed by atoms with Crippen molar-refractivity contribution in [1.82, 2.24) is 9.47 Å². The molecule has 0 spiro atoms. The third-order valence-corrected chi connectivity index (χ3v) is 9.90. The van der Waals surface area contributed by atoms with E-state index in [4.69, 9.17) is 4.74 Å². The summed E-state index contributed by atoms with van der Waals surface area (Å²) >= 11 is 0. The minimum atomic E-state index is -4.85. The van der Waals surface area contributed by atoms with Crippen LogP contribution in [0.5, 0.6) is 0 Å². The van der Waals surface area contributed by atoms with Crippen molar-refractivity contribution >= 4 is 32.1 Å². The van der Waals surface area contributed by atoms with Crippen molar-refractivity contribution in [2.75, 3.05) is 49.7 Å². The largest absolute Gasteiger partial charge is 0.418 e. The van der Waals surface area contributed by atoms with E-state index in [0.717, 1.165) is 74.9 Å². The van der Waals surface area contributed by atoms with E-state index in [1.807, 2.05) is 6.07 Å². The SMILES string of the molecule is CC1(N2CCOCC2)CCC(Nc2cccc3c2cc(C#CCNc2ccc(S(C)(=O)=O)cc2C(F)(F)F)n3CC(F)(F)F)CC1. The highest BCUT2D eigenvalue weighted by atomic mass is 32.2. The van der Waals surface area contributed by atoms with Crippen molar-refractivity contribution in [2.45, 2.75) is 68.0 Å². The molecule has 0 bridgehead atoms. The van der Waals surface area contributed by atoms with Gasteiger partial charge in [0.2, 0.25) is 0 Å². The van der Waals surface area contributed by atoms with Gasteiger partial charge in [0, 0.05) is 47.7 Å². The maximum absolute atomic E-state index is 13.7. The molecule has 0 amide bonds. The van der Waals surface area contributed by atoms with Crippen LogP contribution in [0.2, 0.25) is 0 Å². The zero-order chi connectivity index (χ0) is 33.3. The molecule has 2 aromatic carbocycles. The molecule has 1 saturated carbocycles. The highest BCUT2D eigenvalue weighted by Crippen LogP contribution is 2.38. The Hall–Kier alpha value is -3.41. The number of hydrogen-bond donors (Lipinski definition) is 2. The number of nitrogens with zero attached hydrogens (tertiary/aromatic N) is 2. The number of anilines is 2. The molecular formula is C32H36F6N4O3S. The first-order valence-corrected chi connectivity index (χ1v) is 16.9. The zero-order valence-corrected chi connectivity index (χ0v) is 26.3. The molecule has 2 fully saturated rings. The Morgan fingerprint density at radius 2 is 1.70 bits per heavy atom. The Bertz CT molecular complexity index is 1730. The smallest absolute Gasteiger partial charge is 0.382 e. The summed E-state index contributed by atoms with van der Waals surface area (Å²) in [5.74, 6) is 5.33. The first-order chi connectivity index (χ1) is 21.5. The quantitative estimate of drug-likeness (QED) is 0.220. The lowest BCUT2D eigenvalue weighted by molar-refractivity contribution is -0.140. The molecule has 2 aliphatic rings. The molecule has 1 aliphatic heterocycles. The van der Waals surface area contributed by atoms with Gasteiger partial charge in [-0.15, -0.1) is 0 Å². The van der Waals surface area contributed by atoms with Gasteiger partial charge < -0.3 is 19.9 Å². The summed E-state index contributed by atoms with van der Waals surface area (Å²) in [6.07, 6.45) is -4.83. The van der Waals surface area contributed by atoms with Gasteiger partial charge in [0.1, 0.15) is 6.54 Å². The van der Waals surface area contributed by atoms with Crippen LogP contribution in [0.25, 0.3) is 10.9 Å². The number of benzene rings is 2. The maximum Gasteiger partial charge on any atom is 0.418 e. The molecule has 0 radical (unpaired) electrons. The van der Waals surface area contributed by atoms with Gasteiger partial charge in [-0.05, 0) is 74.9 Å². The Kier molecular flexibility index (Phi) is 9.59. The van der Waals surface area contributed by atoms with Crippen LogP contribution in [0, 0.1) is 11.8 Å². The lowest BCUT2D eigenvalue weighted by atomic mass is 9.79. The third kappa shape index (κ3) is 7.93. The number of morpholine rings is 1. The van der Waals surface area contributed by atoms with E-state index in [9.17, 15) is 34.8 Å². The Morgan fingerprint density at radius 3 is 2.33 bits per heavy atom. The van der Waals surface area contributed by atoms with Crippen molar-refractivity contribution in [3.05, 3.63) is 53.7 Å². The number of fused-ring (bicyclic) bond motifs is 1. The van der Waals surface area contributed by atoms with Crippen molar-refractivity contribution < 1.29 is 39.5 Å². The number of sulfone groups is 1. The molecular weight excluding hydrogens is 634 g/mol. The number of aromatic nitrogens is 1. The van der Waals surface area contributed by atoms with Gasteiger partial charge in [-0.25, -0.2) is 8.42 Å². The maximum atomic E-state index is 13.7. The highest BCUT2D eigenvalue weighted by molar-refractivity contribution is 7.90. The summed E-state index contributed by atoms with van der Waals surface area (Å²) in [4.78, 5) is 2.00. The lowest BCUT2D eigenvalue weighted by Gasteiger charge is -2.47. The van der Waals surface area contributed by atoms with E-state index >= 15 is 0 Å². The molecule has 1 saturated heterocycles. The molecule has 3 aromatic rings. The van der Waals surface area contributed by atoms with Crippen molar-refractivity contribution in [3.8, 4) is 11.8 Å². The third-order valence-electron chi connectivity index (χ3n) is 8.79. The summed E-state index contributed by atoms with van der Waals surface area (Å²) in [6.45, 7) is 3.91. The fourth-order valence-corrected chi connectivity index (χ4v) is 6.95. The van der Waals surface area contributed by atoms with E-state index in [2.05, 4.69) is 34.3 Å². The number of alkyl halides is 6. The van der Waals surface area contributed by atoms with E-state index in [0.29, 0.717) is 22.7 Å². The monoisotopic (exact) mass is 670 g/mol. The molecule has 2 heterocycles. The molecule has 0 atom stereocenters. The average molecular weight is 671 g/mol. The summed E-state index contributed by atoms with van der Waals surface area (Å²) < 4.78 is 112. The van der Waals surface area contributed by atoms with Crippen LogP contribution < -0.4 is 10.6 Å². The first kappa shape index (κ1) is 33.9. The van der Waals surface area contributed by atoms with Crippen LogP contribution in [0.3, 0.4) is 0 Å². The molecule has 0 unspecified atom stereocenters. The molecule has 1 aliphatic carbocycles. The summed E-state index contributed by atoms with van der Waals surface area (Å²) in [5, 5.41) is 6.64. The minimum Gasteiger partial charge on any atom is -0.382 e. The second kappa shape index (κ2) is 13.0. The number of hydrogen-bond acceptors (Lipinski definition) is 6. The number of halogens is 6. The summed E-state index contributed by atoms with van der Waals surface area (Å²) in [6, 6.07) is 9.39. The second-order valence-corrected chi connectivity index (χ2v) is 14.1. The van der Waals surface area contributed by atoms with Crippen molar-refractivity contribution in [3.63, 3.8) is 0 Å². The van der Waals surface area contributed by atoms with E-state index in [-0.39, 0.29) is 23.8 Å². The average Bonchev–Trinajstić information content (AvgIpc) is 3.32. The summed E-state index contributed by atoms with van der Waals surface area (Å²) in [5.41, 5.74) is -0.405. The Labute approximate surface area is 264 Å². The molecule has 7 nitrogen and oxygen atoms in total. The van der Waals surface area contributed by atoms with Gasteiger partial charge in [-0.2, -0.15) is 26.3 Å². The molecule has 14 heteroatoms. The van der Waals surface area contributed by atoms with Gasteiger partial charge in [-0.1, -0.05) is 12.0 Å². The van der Waals surface area contributed by atoms with Gasteiger partial charge in [0.25, 0.3) is 0 Å². The van der Waals surface area contributed by atoms with Gasteiger partial charge in [0.05, 0.1) is 41.4 Å². The normalized spacial score (nSPS) is 21.5. The Morgan fingerprint density at radius 1 is 1.00 bits per heavy atom. The predicted octanol–water partition coefficient (Wildman–Crippen LogP) is 6.53. The number of nitrogens with one attached hydrogen (secondary N) is 2. The fraction of sp³-hybridized carbons (Fsp3) is 0.500. The summed E-state index contributed by atoms with van der Waals surface area (Å²) in [7, 11) is -3.88. The van der Waals surface area contributed by atoms with Crippen LogP contribution in [0.4, 0.5) is 37.7 Å². The van der Waals surface area contributed by atoms with E-state index < -0.39 is 44.9 Å². The second-order valence-electron chi connectivity index (χ2n) is 12.1. The number of rotatable bonds is 7. The molecule has 46 heavy (non-hydrogen) atoms. The van der Waals surface area contributed by atoms with Crippen LogP contribution in [0.1, 0.15) is 43.9 Å². The van der Waals surface area contributed by atoms with Crippen LogP contribution >= 0.6 is 0 Å². The first-order valence-electron chi connectivity index (χ1n) is 15.0. The van der Waals surface area contributed by atoms with E-state index in [1.54, 1.807) is 18.2 Å². The van der Waals surface area contributed by atoms with E-state index in [1.165, 1.54) is 0 Å². The zero-order valence-electron chi connectivity index (χ0n) is 25.5. The van der Waals surface area contributed by atoms with Crippen molar-refractivity contribution in [2.24, 2.45) is 0 Å². The molecule has 250 valence electrons. The predicted molar refractivity (Wildman–Crippen MR) is 165 cm³/mol. The molecule has 5 rings (SSSR count). The van der Waals surface area contributed by atoms with Crippen molar-refractivity contribution in [1.29, 1.82) is 0 Å². The topological polar surface area (TPSA) is 75.6 Å². The number of ether oxygens (including phenoxy) is 1. The van der Waals surface area contributed by atoms with Crippen LogP contribution in [-0.2, 0) is 27.3 Å². The fourth-order valence-electron chi connectivity index (χ4n) is 6.30. The van der Waals surface area contributed by atoms with Gasteiger partial charge >= 0.3 is 12.4 Å². The highest BCUT2D eigenvalue weighted by Gasteiger charge is 2.37.